The maximum absolute atomic E-state index is 13.4. The molecular formula is C23H29N5O4S. The molecule has 4 rings (SSSR count). The first-order valence-corrected chi connectivity index (χ1v) is 11.9. The Bertz CT molecular complexity index is 1210. The van der Waals surface area contributed by atoms with Crippen molar-refractivity contribution in [2.75, 3.05) is 46.3 Å². The summed E-state index contributed by atoms with van der Waals surface area (Å²) in [5.41, 5.74) is 3.58. The van der Waals surface area contributed by atoms with Gasteiger partial charge >= 0.3 is 0 Å². The summed E-state index contributed by atoms with van der Waals surface area (Å²) in [6.45, 7) is 5.98. The molecule has 3 heterocycles. The van der Waals surface area contributed by atoms with E-state index in [4.69, 9.17) is 14.5 Å². The monoisotopic (exact) mass is 471 g/mol. The summed E-state index contributed by atoms with van der Waals surface area (Å²) in [6.07, 6.45) is 1.80. The van der Waals surface area contributed by atoms with Gasteiger partial charge in [-0.15, -0.1) is 0 Å². The maximum Gasteiger partial charge on any atom is 0.265 e. The van der Waals surface area contributed by atoms with E-state index >= 15 is 0 Å². The molecule has 3 aromatic rings. The van der Waals surface area contributed by atoms with Crippen LogP contribution in [0.4, 0.5) is 0 Å². The van der Waals surface area contributed by atoms with Crippen LogP contribution in [-0.2, 0) is 14.3 Å². The average molecular weight is 472 g/mol. The number of carbonyl (C=O) groups is 1. The molecule has 1 aliphatic rings. The largest absolute Gasteiger partial charge is 0.383 e. The zero-order valence-corrected chi connectivity index (χ0v) is 20.2. The van der Waals surface area contributed by atoms with Crippen LogP contribution in [0.2, 0.25) is 0 Å². The molecule has 2 aromatic heterocycles. The van der Waals surface area contributed by atoms with E-state index in [2.05, 4.69) is 12.0 Å². The van der Waals surface area contributed by atoms with E-state index in [9.17, 15) is 9.59 Å². The molecule has 0 saturated heterocycles. The molecule has 0 spiro atoms. The molecule has 1 aromatic carbocycles. The molecule has 176 valence electrons. The highest BCUT2D eigenvalue weighted by Gasteiger charge is 2.31. The van der Waals surface area contributed by atoms with Gasteiger partial charge in [-0.3, -0.25) is 14.2 Å². The molecule has 0 bridgehead atoms. The van der Waals surface area contributed by atoms with Gasteiger partial charge in [0.2, 0.25) is 5.91 Å². The first-order valence-electron chi connectivity index (χ1n) is 10.9. The number of methoxy groups -OCH3 is 2. The Hall–Kier alpha value is -2.69. The molecule has 9 nitrogen and oxygen atoms in total. The van der Waals surface area contributed by atoms with Gasteiger partial charge in [-0.2, -0.15) is 5.10 Å². The fourth-order valence-electron chi connectivity index (χ4n) is 3.92. The van der Waals surface area contributed by atoms with E-state index in [-0.39, 0.29) is 23.9 Å². The van der Waals surface area contributed by atoms with Crippen LogP contribution in [0.5, 0.6) is 0 Å². The maximum atomic E-state index is 13.4. The van der Waals surface area contributed by atoms with Crippen LogP contribution in [0.3, 0.4) is 0 Å². The minimum atomic E-state index is -0.251. The third kappa shape index (κ3) is 4.68. The van der Waals surface area contributed by atoms with Crippen molar-refractivity contribution in [2.45, 2.75) is 31.5 Å². The van der Waals surface area contributed by atoms with Crippen LogP contribution in [-0.4, -0.2) is 76.4 Å². The van der Waals surface area contributed by atoms with Gasteiger partial charge in [-0.1, -0.05) is 17.8 Å². The fraction of sp³-hybridized carbons (Fsp3) is 0.478. The standard InChI is InChI=1S/C23H29N5O4S/c1-15-5-6-17(11-16(15)2)28-21-19(13-24-28)22(30)27-18(14-33-23(27)25-21)12-20(29)26(7-9-31-3)8-10-32-4/h5-6,11,13,18H,7-10,12,14H2,1-4H3. The van der Waals surface area contributed by atoms with E-state index in [1.54, 1.807) is 34.6 Å². The fourth-order valence-corrected chi connectivity index (χ4v) is 5.05. The second kappa shape index (κ2) is 10.1. The number of aromatic nitrogens is 4. The molecule has 33 heavy (non-hydrogen) atoms. The Balaban J connectivity index is 1.63. The van der Waals surface area contributed by atoms with Crippen LogP contribution in [0.25, 0.3) is 16.7 Å². The molecule has 1 aliphatic heterocycles. The van der Waals surface area contributed by atoms with Crippen molar-refractivity contribution in [3.8, 4) is 5.69 Å². The van der Waals surface area contributed by atoms with Crippen LogP contribution < -0.4 is 5.56 Å². The first kappa shape index (κ1) is 23.5. The van der Waals surface area contributed by atoms with Gasteiger partial charge in [0.1, 0.15) is 5.39 Å². The normalized spacial score (nSPS) is 15.2. The quantitative estimate of drug-likeness (QED) is 0.443. The SMILES string of the molecule is COCCN(CCOC)C(=O)CC1CSc2nc3c(cnn3-c3ccc(C)c(C)c3)c(=O)n21. The Morgan fingerprint density at radius 2 is 1.91 bits per heavy atom. The molecule has 0 radical (unpaired) electrons. The van der Waals surface area contributed by atoms with Crippen molar-refractivity contribution in [2.24, 2.45) is 0 Å². The molecule has 1 atom stereocenters. The average Bonchev–Trinajstić information content (AvgIpc) is 3.41. The molecule has 1 amide bonds. The number of rotatable bonds is 9. The van der Waals surface area contributed by atoms with Gasteiger partial charge in [0.15, 0.2) is 10.8 Å². The van der Waals surface area contributed by atoms with Crippen molar-refractivity contribution in [1.82, 2.24) is 24.2 Å². The summed E-state index contributed by atoms with van der Waals surface area (Å²) in [4.78, 5) is 32.9. The molecule has 0 saturated carbocycles. The van der Waals surface area contributed by atoms with Crippen molar-refractivity contribution in [3.63, 3.8) is 0 Å². The first-order chi connectivity index (χ1) is 15.9. The number of benzene rings is 1. The third-order valence-corrected chi connectivity index (χ3v) is 7.10. The van der Waals surface area contributed by atoms with Crippen LogP contribution in [0.1, 0.15) is 23.6 Å². The predicted molar refractivity (Wildman–Crippen MR) is 127 cm³/mol. The third-order valence-electron chi connectivity index (χ3n) is 6.00. The molecule has 0 fully saturated rings. The van der Waals surface area contributed by atoms with Crippen molar-refractivity contribution in [3.05, 3.63) is 45.9 Å². The predicted octanol–water partition coefficient (Wildman–Crippen LogP) is 2.36. The van der Waals surface area contributed by atoms with Gasteiger partial charge < -0.3 is 14.4 Å². The number of hydrogen-bond acceptors (Lipinski definition) is 7. The summed E-state index contributed by atoms with van der Waals surface area (Å²) < 4.78 is 13.6. The van der Waals surface area contributed by atoms with Crippen LogP contribution in [0.15, 0.2) is 34.3 Å². The zero-order chi connectivity index (χ0) is 23.5. The van der Waals surface area contributed by atoms with Crippen LogP contribution in [0, 0.1) is 13.8 Å². The number of nitrogens with zero attached hydrogens (tertiary/aromatic N) is 5. The summed E-state index contributed by atoms with van der Waals surface area (Å²) in [7, 11) is 3.22. The van der Waals surface area contributed by atoms with Crippen molar-refractivity contribution >= 4 is 28.7 Å². The lowest BCUT2D eigenvalue weighted by atomic mass is 10.1. The number of aryl methyl sites for hydroxylation is 2. The molecular weight excluding hydrogens is 442 g/mol. The number of carbonyl (C=O) groups excluding carboxylic acids is 1. The van der Waals surface area contributed by atoms with Gasteiger partial charge in [-0.25, -0.2) is 9.67 Å². The second-order valence-electron chi connectivity index (χ2n) is 8.17. The summed E-state index contributed by atoms with van der Waals surface area (Å²) in [6, 6.07) is 5.80. The lowest BCUT2D eigenvalue weighted by Crippen LogP contribution is -2.38. The van der Waals surface area contributed by atoms with E-state index in [0.29, 0.717) is 48.2 Å². The lowest BCUT2D eigenvalue weighted by Gasteiger charge is -2.24. The Morgan fingerprint density at radius 3 is 2.58 bits per heavy atom. The summed E-state index contributed by atoms with van der Waals surface area (Å²) in [5, 5.41) is 5.52. The molecule has 1 unspecified atom stereocenters. The van der Waals surface area contributed by atoms with E-state index < -0.39 is 0 Å². The van der Waals surface area contributed by atoms with Gasteiger partial charge in [-0.05, 0) is 37.1 Å². The number of hydrogen-bond donors (Lipinski definition) is 0. The second-order valence-corrected chi connectivity index (χ2v) is 9.15. The van der Waals surface area contributed by atoms with E-state index in [1.165, 1.54) is 17.3 Å². The zero-order valence-electron chi connectivity index (χ0n) is 19.4. The van der Waals surface area contributed by atoms with Gasteiger partial charge in [0.05, 0.1) is 31.1 Å². The summed E-state index contributed by atoms with van der Waals surface area (Å²) >= 11 is 1.50. The number of thioether (sulfide) groups is 1. The van der Waals surface area contributed by atoms with Crippen LogP contribution >= 0.6 is 11.8 Å². The topological polar surface area (TPSA) is 91.5 Å². The molecule has 10 heteroatoms. The highest BCUT2D eigenvalue weighted by atomic mass is 32.2. The highest BCUT2D eigenvalue weighted by molar-refractivity contribution is 7.99. The Kier molecular flexibility index (Phi) is 7.16. The Labute approximate surface area is 196 Å². The number of amides is 1. The van der Waals surface area contributed by atoms with Crippen molar-refractivity contribution < 1.29 is 14.3 Å². The number of fused-ring (bicyclic) bond motifs is 2. The minimum Gasteiger partial charge on any atom is -0.383 e. The van der Waals surface area contributed by atoms with Gasteiger partial charge in [0, 0.05) is 39.5 Å². The number of ether oxygens (including phenoxy) is 2. The molecule has 0 N–H and O–H groups in total. The molecule has 0 aliphatic carbocycles. The van der Waals surface area contributed by atoms with E-state index in [0.717, 1.165) is 11.3 Å². The smallest absolute Gasteiger partial charge is 0.265 e. The lowest BCUT2D eigenvalue weighted by molar-refractivity contribution is -0.133. The summed E-state index contributed by atoms with van der Waals surface area (Å²) in [5.74, 6) is 0.598. The van der Waals surface area contributed by atoms with E-state index in [1.807, 2.05) is 25.1 Å². The highest BCUT2D eigenvalue weighted by Crippen LogP contribution is 2.33. The van der Waals surface area contributed by atoms with Crippen molar-refractivity contribution in [1.29, 1.82) is 0 Å². The Morgan fingerprint density at radius 1 is 1.18 bits per heavy atom. The minimum absolute atomic E-state index is 0.0274. The van der Waals surface area contributed by atoms with Gasteiger partial charge in [0.25, 0.3) is 5.56 Å².